The summed E-state index contributed by atoms with van der Waals surface area (Å²) in [6, 6.07) is 3.27. The smallest absolute Gasteiger partial charge is 0.404 e. The average Bonchev–Trinajstić information content (AvgIpc) is 2.99. The molecule has 26 heavy (non-hydrogen) atoms. The molecule has 1 aromatic carbocycles. The van der Waals surface area contributed by atoms with Gasteiger partial charge in [0.1, 0.15) is 24.4 Å². The highest BCUT2D eigenvalue weighted by Gasteiger charge is 2.46. The van der Waals surface area contributed by atoms with Crippen LogP contribution in [-0.4, -0.2) is 21.2 Å². The molecule has 0 spiro atoms. The van der Waals surface area contributed by atoms with Crippen molar-refractivity contribution in [2.24, 2.45) is 0 Å². The highest BCUT2D eigenvalue weighted by Crippen LogP contribution is 2.38. The number of alkyl halides is 3. The maximum absolute atomic E-state index is 13.5. The summed E-state index contributed by atoms with van der Waals surface area (Å²) in [4.78, 5) is 0. The van der Waals surface area contributed by atoms with Crippen LogP contribution in [0.3, 0.4) is 0 Å². The summed E-state index contributed by atoms with van der Waals surface area (Å²) in [5, 5.41) is 0. The van der Waals surface area contributed by atoms with Crippen LogP contribution in [0.1, 0.15) is 39.2 Å². The van der Waals surface area contributed by atoms with E-state index >= 15 is 0 Å². The highest BCUT2D eigenvalue weighted by atomic mass is 32.2. The molecule has 146 valence electrons. The van der Waals surface area contributed by atoms with E-state index in [1.807, 2.05) is 0 Å². The third-order valence-electron chi connectivity index (χ3n) is 3.80. The molecule has 0 bridgehead atoms. The molecule has 0 saturated carbocycles. The minimum Gasteiger partial charge on any atom is -0.453 e. The number of halogens is 4. The monoisotopic (exact) mass is 395 g/mol. The van der Waals surface area contributed by atoms with E-state index in [9.17, 15) is 21.8 Å². The lowest BCUT2D eigenvalue weighted by atomic mass is 9.97. The number of nitrogens with one attached hydrogen (secondary N) is 1. The van der Waals surface area contributed by atoms with Gasteiger partial charge in [0, 0.05) is 12.0 Å². The molecule has 0 fully saturated rings. The van der Waals surface area contributed by atoms with Crippen LogP contribution in [-0.2, 0) is 26.2 Å². The minimum atomic E-state index is -4.62. The molecule has 2 rings (SSSR count). The van der Waals surface area contributed by atoms with Gasteiger partial charge in [-0.2, -0.15) is 13.2 Å². The second-order valence-corrected chi connectivity index (χ2v) is 8.90. The highest BCUT2D eigenvalue weighted by molar-refractivity contribution is 7.84. The summed E-state index contributed by atoms with van der Waals surface area (Å²) in [5.41, 5.74) is 0.264. The van der Waals surface area contributed by atoms with Crippen molar-refractivity contribution in [2.45, 2.75) is 56.4 Å². The van der Waals surface area contributed by atoms with Gasteiger partial charge in [0.2, 0.25) is 0 Å². The zero-order valence-electron chi connectivity index (χ0n) is 14.6. The zero-order chi connectivity index (χ0) is 19.6. The Kier molecular flexibility index (Phi) is 6.02. The Hall–Kier alpha value is -1.61. The molecule has 0 aliphatic carbocycles. The first-order valence-corrected chi connectivity index (χ1v) is 9.10. The van der Waals surface area contributed by atoms with Crippen molar-refractivity contribution >= 4 is 11.0 Å². The van der Waals surface area contributed by atoms with Gasteiger partial charge in [-0.15, -0.1) is 0 Å². The predicted molar refractivity (Wildman–Crippen MR) is 89.5 cm³/mol. The second-order valence-electron chi connectivity index (χ2n) is 6.90. The summed E-state index contributed by atoms with van der Waals surface area (Å²) in [5.74, 6) is -2.10. The molecule has 0 saturated heterocycles. The first kappa shape index (κ1) is 20.7. The molecule has 1 aliphatic heterocycles. The first-order chi connectivity index (χ1) is 11.9. The third kappa shape index (κ3) is 4.97. The van der Waals surface area contributed by atoms with Gasteiger partial charge in [-0.25, -0.2) is 13.3 Å². The molecule has 4 nitrogen and oxygen atoms in total. The fourth-order valence-corrected chi connectivity index (χ4v) is 3.22. The van der Waals surface area contributed by atoms with E-state index in [4.69, 9.17) is 9.47 Å². The largest absolute Gasteiger partial charge is 0.453 e. The summed E-state index contributed by atoms with van der Waals surface area (Å²) in [6.07, 6.45) is -2.90. The molecule has 0 radical (unpaired) electrons. The maximum Gasteiger partial charge on any atom is 0.404 e. The van der Waals surface area contributed by atoms with Crippen molar-refractivity contribution in [1.82, 2.24) is 4.72 Å². The van der Waals surface area contributed by atoms with Crippen LogP contribution in [0.2, 0.25) is 0 Å². The van der Waals surface area contributed by atoms with Crippen molar-refractivity contribution in [3.05, 3.63) is 48.2 Å². The summed E-state index contributed by atoms with van der Waals surface area (Å²) in [6.45, 7) is 4.72. The molecule has 1 N–H and O–H groups in total. The van der Waals surface area contributed by atoms with Crippen LogP contribution in [0.25, 0.3) is 0 Å². The summed E-state index contributed by atoms with van der Waals surface area (Å²) in [7, 11) is -1.91. The Morgan fingerprint density at radius 2 is 1.81 bits per heavy atom. The van der Waals surface area contributed by atoms with Crippen molar-refractivity contribution in [2.75, 3.05) is 0 Å². The quantitative estimate of drug-likeness (QED) is 0.733. The van der Waals surface area contributed by atoms with E-state index in [0.29, 0.717) is 0 Å². The molecule has 2 atom stereocenters. The van der Waals surface area contributed by atoms with Gasteiger partial charge >= 0.3 is 6.18 Å². The van der Waals surface area contributed by atoms with E-state index in [1.165, 1.54) is 30.7 Å². The number of benzene rings is 1. The van der Waals surface area contributed by atoms with Gasteiger partial charge in [0.05, 0.1) is 15.7 Å². The third-order valence-corrected chi connectivity index (χ3v) is 5.41. The first-order valence-electron chi connectivity index (χ1n) is 7.95. The second kappa shape index (κ2) is 7.56. The molecule has 0 unspecified atom stereocenters. The van der Waals surface area contributed by atoms with E-state index in [1.54, 1.807) is 20.8 Å². The average molecular weight is 395 g/mol. The lowest BCUT2D eigenvalue weighted by molar-refractivity contribution is -0.177. The fraction of sp³-hybridized carbons (Fsp3) is 0.529. The molecule has 1 aromatic rings. The zero-order valence-corrected chi connectivity index (χ0v) is 15.4. The van der Waals surface area contributed by atoms with Gasteiger partial charge in [0.15, 0.2) is 0 Å². The number of rotatable bonds is 6. The van der Waals surface area contributed by atoms with Gasteiger partial charge in [-0.05, 0) is 39.3 Å². The van der Waals surface area contributed by atoms with Crippen molar-refractivity contribution in [3.63, 3.8) is 0 Å². The SMILES string of the molecule is CC(C)(C)[S@](=O)N[C@H](CCC1(c2cccc(F)c2)OC=CO1)C(F)(F)F. The Morgan fingerprint density at radius 3 is 2.31 bits per heavy atom. The molecule has 1 aliphatic rings. The van der Waals surface area contributed by atoms with Crippen LogP contribution in [0.5, 0.6) is 0 Å². The molecule has 9 heteroatoms. The summed E-state index contributed by atoms with van der Waals surface area (Å²) >= 11 is 0. The fourth-order valence-electron chi connectivity index (χ4n) is 2.36. The predicted octanol–water partition coefficient (Wildman–Crippen LogP) is 4.26. The number of hydrogen-bond acceptors (Lipinski definition) is 3. The topological polar surface area (TPSA) is 47.6 Å². The van der Waals surface area contributed by atoms with Gasteiger partial charge in [0.25, 0.3) is 5.79 Å². The van der Waals surface area contributed by atoms with Crippen molar-refractivity contribution in [1.29, 1.82) is 0 Å². The lowest BCUT2D eigenvalue weighted by Crippen LogP contribution is -2.48. The maximum atomic E-state index is 13.5. The van der Waals surface area contributed by atoms with Crippen molar-refractivity contribution in [3.8, 4) is 0 Å². The minimum absolute atomic E-state index is 0.220. The molecular weight excluding hydrogens is 374 g/mol. The van der Waals surface area contributed by atoms with Crippen LogP contribution < -0.4 is 4.72 Å². The normalized spacial score (nSPS) is 18.9. The Labute approximate surface area is 152 Å². The van der Waals surface area contributed by atoms with Gasteiger partial charge in [-0.3, -0.25) is 0 Å². The van der Waals surface area contributed by atoms with E-state index in [0.717, 1.165) is 6.07 Å². The van der Waals surface area contributed by atoms with E-state index < -0.39 is 46.0 Å². The molecule has 1 heterocycles. The number of ether oxygens (including phenoxy) is 2. The van der Waals surface area contributed by atoms with Crippen LogP contribution in [0.15, 0.2) is 36.8 Å². The van der Waals surface area contributed by atoms with Crippen LogP contribution >= 0.6 is 0 Å². The van der Waals surface area contributed by atoms with Crippen LogP contribution in [0.4, 0.5) is 17.6 Å². The molecular formula is C17H21F4NO3S. The molecule has 0 aromatic heterocycles. The standard InChI is InChI=1S/C17H21F4NO3S/c1-15(2,3)26(23)22-14(17(19,20)21)7-8-16(24-9-10-25-16)12-5-4-6-13(18)11-12/h4-6,9-11,14,22H,7-8H2,1-3H3/t14-,26+/m1/s1. The Morgan fingerprint density at radius 1 is 1.19 bits per heavy atom. The van der Waals surface area contributed by atoms with E-state index in [2.05, 4.69) is 4.72 Å². The number of hydrogen-bond donors (Lipinski definition) is 1. The van der Waals surface area contributed by atoms with Crippen molar-refractivity contribution < 1.29 is 31.2 Å². The van der Waals surface area contributed by atoms with Gasteiger partial charge in [-0.1, -0.05) is 12.1 Å². The van der Waals surface area contributed by atoms with Crippen LogP contribution in [0, 0.1) is 5.82 Å². The molecule has 0 amide bonds. The van der Waals surface area contributed by atoms with Gasteiger partial charge < -0.3 is 9.47 Å². The van der Waals surface area contributed by atoms with E-state index in [-0.39, 0.29) is 12.0 Å². The Balaban J connectivity index is 2.18. The lowest BCUT2D eigenvalue weighted by Gasteiger charge is -2.31. The Bertz CT molecular complexity index is 677. The summed E-state index contributed by atoms with van der Waals surface area (Å²) < 4.78 is 77.8.